The summed E-state index contributed by atoms with van der Waals surface area (Å²) in [4.78, 5) is 23.1. The summed E-state index contributed by atoms with van der Waals surface area (Å²) in [6.07, 6.45) is 0. The Kier molecular flexibility index (Phi) is 6.03. The number of hydrogen-bond donors (Lipinski definition) is 3. The zero-order chi connectivity index (χ0) is 17.5. The predicted octanol–water partition coefficient (Wildman–Crippen LogP) is 3.63. The zero-order valence-electron chi connectivity index (χ0n) is 13.4. The molecule has 3 N–H and O–H groups in total. The molecule has 0 saturated carbocycles. The second-order valence-electron chi connectivity index (χ2n) is 5.03. The van der Waals surface area contributed by atoms with Crippen molar-refractivity contribution in [2.45, 2.75) is 13.5 Å². The lowest BCUT2D eigenvalue weighted by Gasteiger charge is -2.12. The lowest BCUT2D eigenvalue weighted by atomic mass is 10.2. The molecule has 2 aromatic carbocycles. The molecule has 0 saturated heterocycles. The SMILES string of the molecule is COc1ccc(CNC(=O)Nc2ccc(Cl)cc2)cc1NC(C)=O. The minimum atomic E-state index is -0.339. The molecule has 24 heavy (non-hydrogen) atoms. The first-order chi connectivity index (χ1) is 11.5. The summed E-state index contributed by atoms with van der Waals surface area (Å²) in [5, 5.41) is 8.74. The number of benzene rings is 2. The fourth-order valence-corrected chi connectivity index (χ4v) is 2.17. The van der Waals surface area contributed by atoms with E-state index in [1.54, 1.807) is 36.4 Å². The number of anilines is 2. The highest BCUT2D eigenvalue weighted by molar-refractivity contribution is 6.30. The largest absolute Gasteiger partial charge is 0.495 e. The molecule has 0 heterocycles. The Morgan fingerprint density at radius 1 is 1.08 bits per heavy atom. The normalized spacial score (nSPS) is 9.96. The van der Waals surface area contributed by atoms with Crippen LogP contribution in [0.2, 0.25) is 5.02 Å². The Hall–Kier alpha value is -2.73. The highest BCUT2D eigenvalue weighted by atomic mass is 35.5. The van der Waals surface area contributed by atoms with E-state index in [1.165, 1.54) is 14.0 Å². The summed E-state index contributed by atoms with van der Waals surface area (Å²) in [5.74, 6) is 0.360. The van der Waals surface area contributed by atoms with E-state index in [2.05, 4.69) is 16.0 Å². The summed E-state index contributed by atoms with van der Waals surface area (Å²) in [6.45, 7) is 1.72. The molecule has 0 aliphatic carbocycles. The molecule has 0 aliphatic rings. The molecule has 6 nitrogen and oxygen atoms in total. The van der Waals surface area contributed by atoms with Gasteiger partial charge in [-0.05, 0) is 42.0 Å². The van der Waals surface area contributed by atoms with Gasteiger partial charge in [-0.25, -0.2) is 4.79 Å². The van der Waals surface area contributed by atoms with Crippen LogP contribution in [-0.4, -0.2) is 19.0 Å². The number of carbonyl (C=O) groups excluding carboxylic acids is 2. The molecule has 0 aliphatic heterocycles. The van der Waals surface area contributed by atoms with Crippen molar-refractivity contribution >= 4 is 34.9 Å². The van der Waals surface area contributed by atoms with Gasteiger partial charge in [0.2, 0.25) is 5.91 Å². The second kappa shape index (κ2) is 8.21. The maximum atomic E-state index is 11.9. The van der Waals surface area contributed by atoms with Gasteiger partial charge in [-0.1, -0.05) is 17.7 Å². The number of methoxy groups -OCH3 is 1. The van der Waals surface area contributed by atoms with Crippen LogP contribution in [0.1, 0.15) is 12.5 Å². The van der Waals surface area contributed by atoms with Gasteiger partial charge in [0, 0.05) is 24.2 Å². The maximum Gasteiger partial charge on any atom is 0.319 e. The Morgan fingerprint density at radius 3 is 2.42 bits per heavy atom. The summed E-state index contributed by atoms with van der Waals surface area (Å²) < 4.78 is 5.19. The van der Waals surface area contributed by atoms with Crippen molar-refractivity contribution in [1.29, 1.82) is 0 Å². The van der Waals surface area contributed by atoms with Crippen LogP contribution in [0.25, 0.3) is 0 Å². The van der Waals surface area contributed by atoms with Crippen molar-refractivity contribution in [3.63, 3.8) is 0 Å². The van der Waals surface area contributed by atoms with Crippen LogP contribution in [0.5, 0.6) is 5.75 Å². The van der Waals surface area contributed by atoms with Crippen molar-refractivity contribution in [3.05, 3.63) is 53.1 Å². The molecule has 2 rings (SSSR count). The fraction of sp³-hybridized carbons (Fsp3) is 0.176. The van der Waals surface area contributed by atoms with E-state index in [-0.39, 0.29) is 11.9 Å². The van der Waals surface area contributed by atoms with Crippen LogP contribution in [0.4, 0.5) is 16.2 Å². The molecule has 3 amide bonds. The molecule has 0 radical (unpaired) electrons. The topological polar surface area (TPSA) is 79.5 Å². The number of halogens is 1. The quantitative estimate of drug-likeness (QED) is 0.772. The minimum Gasteiger partial charge on any atom is -0.495 e. The van der Waals surface area contributed by atoms with Gasteiger partial charge in [-0.2, -0.15) is 0 Å². The number of hydrogen-bond acceptors (Lipinski definition) is 3. The number of urea groups is 1. The average molecular weight is 348 g/mol. The van der Waals surface area contributed by atoms with Crippen LogP contribution in [0.15, 0.2) is 42.5 Å². The third-order valence-electron chi connectivity index (χ3n) is 3.13. The Labute approximate surface area is 145 Å². The fourth-order valence-electron chi connectivity index (χ4n) is 2.04. The van der Waals surface area contributed by atoms with Gasteiger partial charge >= 0.3 is 6.03 Å². The molecule has 2 aromatic rings. The molecule has 0 bridgehead atoms. The van der Waals surface area contributed by atoms with Gasteiger partial charge in [0.05, 0.1) is 12.8 Å². The van der Waals surface area contributed by atoms with E-state index in [9.17, 15) is 9.59 Å². The molecule has 0 atom stereocenters. The number of amides is 3. The highest BCUT2D eigenvalue weighted by Gasteiger charge is 2.07. The van der Waals surface area contributed by atoms with Crippen molar-refractivity contribution in [3.8, 4) is 5.75 Å². The van der Waals surface area contributed by atoms with Gasteiger partial charge in [-0.15, -0.1) is 0 Å². The lowest BCUT2D eigenvalue weighted by molar-refractivity contribution is -0.114. The van der Waals surface area contributed by atoms with Gasteiger partial charge < -0.3 is 20.7 Å². The van der Waals surface area contributed by atoms with Crippen LogP contribution >= 0.6 is 11.6 Å². The zero-order valence-corrected chi connectivity index (χ0v) is 14.1. The number of carbonyl (C=O) groups is 2. The molecule has 0 fully saturated rings. The van der Waals surface area contributed by atoms with Gasteiger partial charge in [-0.3, -0.25) is 4.79 Å². The highest BCUT2D eigenvalue weighted by Crippen LogP contribution is 2.25. The van der Waals surface area contributed by atoms with Crippen molar-refractivity contribution in [2.24, 2.45) is 0 Å². The Morgan fingerprint density at radius 2 is 1.79 bits per heavy atom. The number of nitrogens with one attached hydrogen (secondary N) is 3. The van der Waals surface area contributed by atoms with E-state index in [0.29, 0.717) is 28.7 Å². The van der Waals surface area contributed by atoms with E-state index in [1.807, 2.05) is 6.07 Å². The predicted molar refractivity (Wildman–Crippen MR) is 94.6 cm³/mol. The first kappa shape index (κ1) is 17.6. The van der Waals surface area contributed by atoms with Crippen LogP contribution in [-0.2, 0) is 11.3 Å². The molecule has 0 unspecified atom stereocenters. The standard InChI is InChI=1S/C17H18ClN3O3/c1-11(22)20-15-9-12(3-8-16(15)24-2)10-19-17(23)21-14-6-4-13(18)5-7-14/h3-9H,10H2,1-2H3,(H,20,22)(H2,19,21,23). The van der Waals surface area contributed by atoms with Crippen molar-refractivity contribution < 1.29 is 14.3 Å². The van der Waals surface area contributed by atoms with Crippen LogP contribution in [0.3, 0.4) is 0 Å². The summed E-state index contributed by atoms with van der Waals surface area (Å²) in [5.41, 5.74) is 2.03. The van der Waals surface area contributed by atoms with E-state index in [0.717, 1.165) is 5.56 Å². The van der Waals surface area contributed by atoms with Crippen molar-refractivity contribution in [2.75, 3.05) is 17.7 Å². The average Bonchev–Trinajstić information content (AvgIpc) is 2.55. The molecule has 0 aromatic heterocycles. The second-order valence-corrected chi connectivity index (χ2v) is 5.47. The molecular weight excluding hydrogens is 330 g/mol. The summed E-state index contributed by atoms with van der Waals surface area (Å²) in [7, 11) is 1.53. The number of rotatable bonds is 5. The first-order valence-electron chi connectivity index (χ1n) is 7.23. The smallest absolute Gasteiger partial charge is 0.319 e. The van der Waals surface area contributed by atoms with Crippen LogP contribution < -0.4 is 20.7 Å². The number of ether oxygens (including phenoxy) is 1. The van der Waals surface area contributed by atoms with Gasteiger partial charge in [0.15, 0.2) is 0 Å². The third kappa shape index (κ3) is 5.17. The summed E-state index contributed by atoms with van der Waals surface area (Å²) >= 11 is 5.80. The molecule has 0 spiro atoms. The lowest BCUT2D eigenvalue weighted by Crippen LogP contribution is -2.28. The first-order valence-corrected chi connectivity index (χ1v) is 7.60. The molecule has 7 heteroatoms. The Bertz CT molecular complexity index is 732. The van der Waals surface area contributed by atoms with Crippen molar-refractivity contribution in [1.82, 2.24) is 5.32 Å². The summed E-state index contributed by atoms with van der Waals surface area (Å²) in [6, 6.07) is 11.8. The van der Waals surface area contributed by atoms with E-state index < -0.39 is 0 Å². The van der Waals surface area contributed by atoms with E-state index in [4.69, 9.17) is 16.3 Å². The molecule has 126 valence electrons. The van der Waals surface area contributed by atoms with Crippen LogP contribution in [0, 0.1) is 0 Å². The maximum absolute atomic E-state index is 11.9. The third-order valence-corrected chi connectivity index (χ3v) is 3.38. The molecular formula is C17H18ClN3O3. The minimum absolute atomic E-state index is 0.195. The van der Waals surface area contributed by atoms with Gasteiger partial charge in [0.25, 0.3) is 0 Å². The van der Waals surface area contributed by atoms with Gasteiger partial charge in [0.1, 0.15) is 5.75 Å². The monoisotopic (exact) mass is 347 g/mol. The Balaban J connectivity index is 1.96. The van der Waals surface area contributed by atoms with E-state index >= 15 is 0 Å².